The van der Waals surface area contributed by atoms with Crippen LogP contribution >= 0.6 is 11.3 Å². The van der Waals surface area contributed by atoms with E-state index in [1.165, 1.54) is 16.9 Å². The molecule has 2 heterocycles. The minimum atomic E-state index is 0.0745. The predicted molar refractivity (Wildman–Crippen MR) is 102 cm³/mol. The van der Waals surface area contributed by atoms with E-state index < -0.39 is 0 Å². The van der Waals surface area contributed by atoms with Gasteiger partial charge in [0.2, 0.25) is 0 Å². The molecular weight excluding hydrogens is 332 g/mol. The molecule has 0 atom stereocenters. The fraction of sp³-hybridized carbons (Fsp3) is 0.400. The molecule has 4 nitrogen and oxygen atoms in total. The topological polar surface area (TPSA) is 44.1 Å². The van der Waals surface area contributed by atoms with Crippen LogP contribution < -0.4 is 10.3 Å². The molecule has 0 fully saturated rings. The van der Waals surface area contributed by atoms with Crippen LogP contribution in [-0.4, -0.2) is 16.2 Å². The zero-order valence-electron chi connectivity index (χ0n) is 14.7. The molecule has 5 heteroatoms. The monoisotopic (exact) mass is 354 g/mol. The molecule has 0 N–H and O–H groups in total. The van der Waals surface area contributed by atoms with E-state index in [4.69, 9.17) is 9.72 Å². The van der Waals surface area contributed by atoms with Gasteiger partial charge in [0.15, 0.2) is 0 Å². The van der Waals surface area contributed by atoms with E-state index in [1.807, 2.05) is 38.1 Å². The van der Waals surface area contributed by atoms with E-state index in [1.54, 1.807) is 15.9 Å². The average molecular weight is 354 g/mol. The van der Waals surface area contributed by atoms with Crippen molar-refractivity contribution >= 4 is 21.6 Å². The highest BCUT2D eigenvalue weighted by Gasteiger charge is 2.22. The van der Waals surface area contributed by atoms with Crippen molar-refractivity contribution in [3.63, 3.8) is 0 Å². The standard InChI is InChI=1S/C20H22N2O2S/c1-3-17-21-19-18(15-7-5-6-8-16(15)25-19)20(23)22(17)13-9-11-14(12-10-13)24-4-2/h9-12H,3-8H2,1-2H3. The Bertz CT molecular complexity index is 970. The number of thiophene rings is 1. The van der Waals surface area contributed by atoms with Gasteiger partial charge in [0.25, 0.3) is 5.56 Å². The van der Waals surface area contributed by atoms with Crippen molar-refractivity contribution in [3.05, 3.63) is 50.9 Å². The molecule has 0 spiro atoms. The Morgan fingerprint density at radius 3 is 2.64 bits per heavy atom. The van der Waals surface area contributed by atoms with Crippen molar-refractivity contribution in [2.75, 3.05) is 6.61 Å². The maximum atomic E-state index is 13.4. The first-order valence-corrected chi connectivity index (χ1v) is 9.84. The van der Waals surface area contributed by atoms with Gasteiger partial charge in [-0.25, -0.2) is 4.98 Å². The smallest absolute Gasteiger partial charge is 0.267 e. The summed E-state index contributed by atoms with van der Waals surface area (Å²) < 4.78 is 7.29. The van der Waals surface area contributed by atoms with Gasteiger partial charge in [0.1, 0.15) is 16.4 Å². The van der Waals surface area contributed by atoms with Crippen molar-refractivity contribution in [3.8, 4) is 11.4 Å². The number of fused-ring (bicyclic) bond motifs is 3. The van der Waals surface area contributed by atoms with Crippen LogP contribution in [0.5, 0.6) is 5.75 Å². The van der Waals surface area contributed by atoms with Crippen LogP contribution in [0.3, 0.4) is 0 Å². The number of aryl methyl sites for hydroxylation is 3. The summed E-state index contributed by atoms with van der Waals surface area (Å²) in [7, 11) is 0. The molecule has 130 valence electrons. The molecule has 0 saturated heterocycles. The van der Waals surface area contributed by atoms with Gasteiger partial charge in [0.05, 0.1) is 17.7 Å². The quantitative estimate of drug-likeness (QED) is 0.702. The van der Waals surface area contributed by atoms with Crippen LogP contribution in [0.4, 0.5) is 0 Å². The SMILES string of the molecule is CCOc1ccc(-n2c(CC)nc3sc4c(c3c2=O)CCCC4)cc1. The van der Waals surface area contributed by atoms with Crippen molar-refractivity contribution in [1.29, 1.82) is 0 Å². The van der Waals surface area contributed by atoms with E-state index in [2.05, 4.69) is 0 Å². The van der Waals surface area contributed by atoms with Gasteiger partial charge in [-0.05, 0) is 62.4 Å². The molecule has 0 bridgehead atoms. The first kappa shape index (κ1) is 16.3. The number of nitrogens with zero attached hydrogens (tertiary/aromatic N) is 2. The molecule has 0 unspecified atom stereocenters. The van der Waals surface area contributed by atoms with Gasteiger partial charge < -0.3 is 4.74 Å². The second kappa shape index (κ2) is 6.64. The fourth-order valence-electron chi connectivity index (χ4n) is 3.61. The Hall–Kier alpha value is -2.14. The first-order chi connectivity index (χ1) is 12.2. The van der Waals surface area contributed by atoms with E-state index >= 15 is 0 Å². The van der Waals surface area contributed by atoms with Crippen LogP contribution in [0.15, 0.2) is 29.1 Å². The van der Waals surface area contributed by atoms with Gasteiger partial charge in [-0.2, -0.15) is 0 Å². The zero-order valence-corrected chi connectivity index (χ0v) is 15.5. The minimum Gasteiger partial charge on any atom is -0.494 e. The summed E-state index contributed by atoms with van der Waals surface area (Å²) in [4.78, 5) is 20.5. The molecule has 1 aliphatic carbocycles. The average Bonchev–Trinajstić information content (AvgIpc) is 3.01. The van der Waals surface area contributed by atoms with Gasteiger partial charge >= 0.3 is 0 Å². The number of hydrogen-bond acceptors (Lipinski definition) is 4. The van der Waals surface area contributed by atoms with E-state index in [-0.39, 0.29) is 5.56 Å². The minimum absolute atomic E-state index is 0.0745. The Kier molecular flexibility index (Phi) is 4.34. The molecule has 0 saturated carbocycles. The second-order valence-electron chi connectivity index (χ2n) is 6.34. The highest BCUT2D eigenvalue weighted by Crippen LogP contribution is 2.34. The summed E-state index contributed by atoms with van der Waals surface area (Å²) in [5, 5.41) is 0.839. The third-order valence-electron chi connectivity index (χ3n) is 4.78. The molecule has 3 aromatic rings. The molecule has 2 aromatic heterocycles. The fourth-order valence-corrected chi connectivity index (χ4v) is 4.88. The highest BCUT2D eigenvalue weighted by molar-refractivity contribution is 7.18. The maximum absolute atomic E-state index is 13.4. The summed E-state index contributed by atoms with van der Waals surface area (Å²) in [5.41, 5.74) is 2.17. The second-order valence-corrected chi connectivity index (χ2v) is 7.42. The van der Waals surface area contributed by atoms with Crippen LogP contribution in [0, 0.1) is 0 Å². The lowest BCUT2D eigenvalue weighted by Gasteiger charge is -2.13. The number of ether oxygens (including phenoxy) is 1. The largest absolute Gasteiger partial charge is 0.494 e. The van der Waals surface area contributed by atoms with Crippen LogP contribution in [0.2, 0.25) is 0 Å². The van der Waals surface area contributed by atoms with E-state index in [0.29, 0.717) is 6.61 Å². The van der Waals surface area contributed by atoms with Crippen LogP contribution in [0.25, 0.3) is 15.9 Å². The highest BCUT2D eigenvalue weighted by atomic mass is 32.1. The molecular formula is C20H22N2O2S. The molecule has 4 rings (SSSR count). The Morgan fingerprint density at radius 1 is 1.16 bits per heavy atom. The first-order valence-electron chi connectivity index (χ1n) is 9.02. The Labute approximate surface area is 151 Å². The lowest BCUT2D eigenvalue weighted by molar-refractivity contribution is 0.340. The maximum Gasteiger partial charge on any atom is 0.267 e. The number of hydrogen-bond donors (Lipinski definition) is 0. The van der Waals surface area contributed by atoms with Gasteiger partial charge in [0, 0.05) is 11.3 Å². The summed E-state index contributed by atoms with van der Waals surface area (Å²) in [6.45, 7) is 4.64. The molecule has 1 aromatic carbocycles. The van der Waals surface area contributed by atoms with Crippen molar-refractivity contribution < 1.29 is 4.74 Å². The van der Waals surface area contributed by atoms with Crippen LogP contribution in [0.1, 0.15) is 43.0 Å². The van der Waals surface area contributed by atoms with Crippen molar-refractivity contribution in [2.24, 2.45) is 0 Å². The summed E-state index contributed by atoms with van der Waals surface area (Å²) >= 11 is 1.71. The number of benzene rings is 1. The zero-order chi connectivity index (χ0) is 17.4. The van der Waals surface area contributed by atoms with Crippen molar-refractivity contribution in [2.45, 2.75) is 46.0 Å². The van der Waals surface area contributed by atoms with Crippen molar-refractivity contribution in [1.82, 2.24) is 9.55 Å². The summed E-state index contributed by atoms with van der Waals surface area (Å²) in [6, 6.07) is 7.71. The number of aromatic nitrogens is 2. The van der Waals surface area contributed by atoms with Gasteiger partial charge in [-0.3, -0.25) is 9.36 Å². The lowest BCUT2D eigenvalue weighted by atomic mass is 9.97. The molecule has 25 heavy (non-hydrogen) atoms. The molecule has 0 radical (unpaired) electrons. The molecule has 0 aliphatic heterocycles. The summed E-state index contributed by atoms with van der Waals surface area (Å²) in [5.74, 6) is 1.64. The third-order valence-corrected chi connectivity index (χ3v) is 5.97. The Morgan fingerprint density at radius 2 is 1.92 bits per heavy atom. The van der Waals surface area contributed by atoms with Crippen LogP contribution in [-0.2, 0) is 19.3 Å². The summed E-state index contributed by atoms with van der Waals surface area (Å²) in [6.07, 6.45) is 5.19. The lowest BCUT2D eigenvalue weighted by Crippen LogP contribution is -2.24. The van der Waals surface area contributed by atoms with Gasteiger partial charge in [-0.15, -0.1) is 11.3 Å². The normalized spacial score (nSPS) is 13.8. The van der Waals surface area contributed by atoms with E-state index in [9.17, 15) is 4.79 Å². The Balaban J connectivity index is 1.93. The molecule has 1 aliphatic rings. The third kappa shape index (κ3) is 2.76. The molecule has 0 amide bonds. The number of rotatable bonds is 4. The van der Waals surface area contributed by atoms with E-state index in [0.717, 1.165) is 53.2 Å². The van der Waals surface area contributed by atoms with Gasteiger partial charge in [-0.1, -0.05) is 6.92 Å². The predicted octanol–water partition coefficient (Wildman–Crippen LogP) is 4.29.